The molecule has 0 saturated carbocycles. The van der Waals surface area contributed by atoms with Crippen LogP contribution in [0.1, 0.15) is 44.7 Å². The van der Waals surface area contributed by atoms with Crippen LogP contribution in [0.3, 0.4) is 0 Å². The van der Waals surface area contributed by atoms with E-state index in [2.05, 4.69) is 26.3 Å². The average Bonchev–Trinajstić information content (AvgIpc) is 3.39. The number of hydrogen-bond donors (Lipinski definition) is 3. The summed E-state index contributed by atoms with van der Waals surface area (Å²) in [6.07, 6.45) is 8.35. The highest BCUT2D eigenvalue weighted by Gasteiger charge is 2.24. The Kier molecular flexibility index (Phi) is 5.58. The molecule has 2 aromatic heterocycles. The number of nitriles is 1. The molecule has 3 N–H and O–H groups in total. The van der Waals surface area contributed by atoms with Crippen molar-refractivity contribution in [1.82, 2.24) is 15.0 Å². The van der Waals surface area contributed by atoms with Crippen LogP contribution in [-0.2, 0) is 17.6 Å². The van der Waals surface area contributed by atoms with E-state index in [0.717, 1.165) is 35.2 Å². The first-order valence-corrected chi connectivity index (χ1v) is 9.78. The summed E-state index contributed by atoms with van der Waals surface area (Å²) in [5, 5.41) is 21.2. The Balaban J connectivity index is 1.39. The van der Waals surface area contributed by atoms with E-state index in [1.54, 1.807) is 12.5 Å². The van der Waals surface area contributed by atoms with Gasteiger partial charge >= 0.3 is 5.97 Å². The monoisotopic (exact) mass is 413 g/mol. The second kappa shape index (κ2) is 8.63. The van der Waals surface area contributed by atoms with Crippen molar-refractivity contribution in [2.24, 2.45) is 0 Å². The molecule has 0 amide bonds. The van der Waals surface area contributed by atoms with Gasteiger partial charge in [0.25, 0.3) is 0 Å². The number of nitrogens with one attached hydrogen (secondary N) is 2. The molecular weight excluding hydrogens is 394 g/mol. The van der Waals surface area contributed by atoms with Crippen LogP contribution in [0.2, 0.25) is 0 Å². The topological polar surface area (TPSA) is 132 Å². The van der Waals surface area contributed by atoms with Gasteiger partial charge in [-0.3, -0.25) is 4.79 Å². The summed E-state index contributed by atoms with van der Waals surface area (Å²) in [6.45, 7) is 0.528. The minimum Gasteiger partial charge on any atom is -0.478 e. The summed E-state index contributed by atoms with van der Waals surface area (Å²) >= 11 is 0. The molecule has 0 saturated heterocycles. The van der Waals surface area contributed by atoms with Crippen LogP contribution in [0, 0.1) is 11.3 Å². The maximum absolute atomic E-state index is 12.4. The van der Waals surface area contributed by atoms with Crippen LogP contribution in [0.4, 0.5) is 5.82 Å². The normalized spacial score (nSPS) is 13.8. The fourth-order valence-electron chi connectivity index (χ4n) is 3.62. The van der Waals surface area contributed by atoms with Crippen molar-refractivity contribution in [3.05, 3.63) is 76.5 Å². The van der Waals surface area contributed by atoms with Crippen molar-refractivity contribution < 1.29 is 14.7 Å². The van der Waals surface area contributed by atoms with Gasteiger partial charge in [-0.05, 0) is 41.7 Å². The van der Waals surface area contributed by atoms with E-state index in [1.807, 2.05) is 24.3 Å². The average molecular weight is 413 g/mol. The molecule has 31 heavy (non-hydrogen) atoms. The van der Waals surface area contributed by atoms with Gasteiger partial charge in [-0.1, -0.05) is 18.2 Å². The van der Waals surface area contributed by atoms with Crippen LogP contribution < -0.4 is 5.32 Å². The van der Waals surface area contributed by atoms with Crippen LogP contribution in [-0.4, -0.2) is 38.4 Å². The number of carboxylic acid groups (broad SMARTS) is 1. The molecule has 0 unspecified atom stereocenters. The van der Waals surface area contributed by atoms with Crippen LogP contribution in [0.5, 0.6) is 0 Å². The van der Waals surface area contributed by atoms with Gasteiger partial charge in [-0.15, -0.1) is 0 Å². The second-order valence-electron chi connectivity index (χ2n) is 7.22. The van der Waals surface area contributed by atoms with E-state index < -0.39 is 5.97 Å². The predicted molar refractivity (Wildman–Crippen MR) is 114 cm³/mol. The Morgan fingerprint density at radius 3 is 2.94 bits per heavy atom. The van der Waals surface area contributed by atoms with E-state index in [9.17, 15) is 14.7 Å². The zero-order chi connectivity index (χ0) is 21.8. The van der Waals surface area contributed by atoms with Gasteiger partial charge in [0.1, 0.15) is 17.5 Å². The fraction of sp³-hybridized carbons (Fsp3) is 0.174. The van der Waals surface area contributed by atoms with Crippen molar-refractivity contribution in [3.63, 3.8) is 0 Å². The number of benzene rings is 1. The first-order valence-electron chi connectivity index (χ1n) is 9.78. The molecule has 0 radical (unpaired) electrons. The zero-order valence-electron chi connectivity index (χ0n) is 16.6. The number of pyridine rings is 1. The number of carbonyl (C=O) groups is 2. The zero-order valence-corrected chi connectivity index (χ0v) is 16.6. The third-order valence-electron chi connectivity index (χ3n) is 5.11. The van der Waals surface area contributed by atoms with E-state index in [4.69, 9.17) is 5.26 Å². The van der Waals surface area contributed by atoms with Gasteiger partial charge in [0.2, 0.25) is 0 Å². The van der Waals surface area contributed by atoms with Gasteiger partial charge < -0.3 is 15.4 Å². The van der Waals surface area contributed by atoms with E-state index in [-0.39, 0.29) is 22.7 Å². The first kappa shape index (κ1) is 20.0. The lowest BCUT2D eigenvalue weighted by atomic mass is 10.0. The lowest BCUT2D eigenvalue weighted by Crippen LogP contribution is -2.10. The lowest BCUT2D eigenvalue weighted by Gasteiger charge is -2.09. The fourth-order valence-corrected chi connectivity index (χ4v) is 3.62. The number of carbonyl (C=O) groups excluding carboxylic acids is 1. The van der Waals surface area contributed by atoms with Crippen molar-refractivity contribution in [2.75, 3.05) is 11.9 Å². The van der Waals surface area contributed by atoms with Crippen LogP contribution >= 0.6 is 0 Å². The highest BCUT2D eigenvalue weighted by molar-refractivity contribution is 6.29. The molecule has 1 aliphatic carbocycles. The Hall–Kier alpha value is -4.25. The number of fused-ring (bicyclic) bond motifs is 1. The summed E-state index contributed by atoms with van der Waals surface area (Å²) in [6, 6.07) is 9.26. The molecule has 0 bridgehead atoms. The highest BCUT2D eigenvalue weighted by Crippen LogP contribution is 2.31. The number of anilines is 1. The van der Waals surface area contributed by atoms with Crippen molar-refractivity contribution >= 4 is 29.2 Å². The summed E-state index contributed by atoms with van der Waals surface area (Å²) in [7, 11) is 0. The minimum absolute atomic E-state index is 0.0216. The van der Waals surface area contributed by atoms with Crippen LogP contribution in [0.15, 0.2) is 43.0 Å². The molecular formula is C23H19N5O3. The molecule has 0 aliphatic heterocycles. The van der Waals surface area contributed by atoms with Crippen LogP contribution in [0.25, 0.3) is 11.6 Å². The van der Waals surface area contributed by atoms with Gasteiger partial charge in [-0.25, -0.2) is 14.8 Å². The number of H-pyrrole nitrogens is 1. The summed E-state index contributed by atoms with van der Waals surface area (Å²) in [4.78, 5) is 34.8. The van der Waals surface area contributed by atoms with E-state index in [0.29, 0.717) is 18.5 Å². The van der Waals surface area contributed by atoms with Gasteiger partial charge in [0.15, 0.2) is 5.78 Å². The van der Waals surface area contributed by atoms with E-state index in [1.165, 1.54) is 12.3 Å². The third kappa shape index (κ3) is 4.36. The number of rotatable bonds is 7. The Morgan fingerprint density at radius 2 is 2.19 bits per heavy atom. The lowest BCUT2D eigenvalue weighted by molar-refractivity contribution is -0.112. The maximum Gasteiger partial charge on any atom is 0.339 e. The number of aromatic nitrogens is 3. The number of hydrogen-bond acceptors (Lipinski definition) is 6. The predicted octanol–water partition coefficient (Wildman–Crippen LogP) is 3.09. The van der Waals surface area contributed by atoms with Gasteiger partial charge in [-0.2, -0.15) is 5.26 Å². The second-order valence-corrected chi connectivity index (χ2v) is 7.22. The molecule has 4 rings (SSSR count). The Bertz CT molecular complexity index is 1220. The van der Waals surface area contributed by atoms with Gasteiger partial charge in [0, 0.05) is 24.7 Å². The molecule has 1 aromatic carbocycles. The Morgan fingerprint density at radius 1 is 1.32 bits per heavy atom. The highest BCUT2D eigenvalue weighted by atomic mass is 16.4. The van der Waals surface area contributed by atoms with Crippen molar-refractivity contribution in [3.8, 4) is 6.07 Å². The quantitative estimate of drug-likeness (QED) is 0.400. The number of imidazole rings is 1. The number of aryl methyl sites for hydroxylation is 1. The van der Waals surface area contributed by atoms with Gasteiger partial charge in [0.05, 0.1) is 23.8 Å². The number of ketones is 1. The summed E-state index contributed by atoms with van der Waals surface area (Å²) in [5.74, 6) is -0.787. The summed E-state index contributed by atoms with van der Waals surface area (Å²) in [5.41, 5.74) is 4.76. The molecule has 2 heterocycles. The number of carboxylic acids is 1. The number of allylic oxidation sites excluding steroid dienone is 1. The molecule has 1 aliphatic rings. The number of aromatic amines is 1. The SMILES string of the molecule is N#Cc1cnc(NCCCc2ccc3c(c2)CC(=O)/C3=C\c2cnc[nH]2)c(C(=O)O)c1. The largest absolute Gasteiger partial charge is 0.478 e. The van der Waals surface area contributed by atoms with Crippen molar-refractivity contribution in [1.29, 1.82) is 5.26 Å². The molecule has 8 heteroatoms. The maximum atomic E-state index is 12.4. The van der Waals surface area contributed by atoms with Crippen molar-refractivity contribution in [2.45, 2.75) is 19.3 Å². The summed E-state index contributed by atoms with van der Waals surface area (Å²) < 4.78 is 0. The molecule has 0 atom stereocenters. The molecule has 0 fully saturated rings. The Labute approximate surface area is 178 Å². The molecule has 3 aromatic rings. The number of Topliss-reactive ketones (excluding diaryl/α,β-unsaturated/α-hetero) is 1. The van der Waals surface area contributed by atoms with E-state index >= 15 is 0 Å². The minimum atomic E-state index is -1.13. The third-order valence-corrected chi connectivity index (χ3v) is 5.11. The first-order chi connectivity index (χ1) is 15.0. The standard InChI is InChI=1S/C23H19N5O3/c24-10-15-7-20(23(30)31)22(27-11-15)26-5-1-2-14-3-4-18-16(6-14)8-21(29)19(18)9-17-12-25-13-28-17/h3-4,6-7,9,11-13H,1-2,5,8H2,(H,25,28)(H,26,27)(H,30,31)/b19-9-. The number of aromatic carboxylic acids is 1. The molecule has 154 valence electrons. The molecule has 0 spiro atoms. The smallest absolute Gasteiger partial charge is 0.339 e. The number of nitrogens with zero attached hydrogens (tertiary/aromatic N) is 3. The molecule has 8 nitrogen and oxygen atoms in total.